The minimum Gasteiger partial charge on any atom is -0.483 e. The fourth-order valence-electron chi connectivity index (χ4n) is 2.08. The lowest BCUT2D eigenvalue weighted by molar-refractivity contribution is -0.384. The number of carbonyl (C=O) groups is 2. The number of benzene rings is 2. The number of hydrogen-bond acceptors (Lipinski definition) is 6. The van der Waals surface area contributed by atoms with E-state index in [9.17, 15) is 19.7 Å². The monoisotopic (exact) mass is 500 g/mol. The number of rotatable bonds is 5. The van der Waals surface area contributed by atoms with Crippen molar-refractivity contribution in [2.45, 2.75) is 6.92 Å². The second-order valence-electron chi connectivity index (χ2n) is 5.58. The highest BCUT2D eigenvalue weighted by Crippen LogP contribution is 2.25. The number of nitro groups is 1. The second kappa shape index (κ2) is 10.1. The minimum atomic E-state index is -0.710. The van der Waals surface area contributed by atoms with E-state index in [0.29, 0.717) is 5.75 Å². The van der Waals surface area contributed by atoms with Gasteiger partial charge in [0.05, 0.1) is 4.92 Å². The lowest BCUT2D eigenvalue weighted by Gasteiger charge is -2.12. The van der Waals surface area contributed by atoms with E-state index in [1.54, 1.807) is 12.1 Å². The number of thiocarbonyl (C=S) groups is 1. The Hall–Kier alpha value is -2.76. The van der Waals surface area contributed by atoms with E-state index < -0.39 is 22.4 Å². The van der Waals surface area contributed by atoms with Crippen molar-refractivity contribution in [3.63, 3.8) is 0 Å². The van der Waals surface area contributed by atoms with E-state index >= 15 is 0 Å². The maximum Gasteiger partial charge on any atom is 0.288 e. The molecule has 9 nitrogen and oxygen atoms in total. The molecule has 0 saturated carbocycles. The first-order valence-corrected chi connectivity index (χ1v) is 9.48. The number of nitrogens with one attached hydrogen (secondary N) is 3. The van der Waals surface area contributed by atoms with E-state index in [1.807, 2.05) is 13.0 Å². The van der Waals surface area contributed by atoms with Crippen molar-refractivity contribution in [2.75, 3.05) is 6.61 Å². The number of nitrogens with zero attached hydrogens (tertiary/aromatic N) is 1. The summed E-state index contributed by atoms with van der Waals surface area (Å²) >= 11 is 13.9. The number of ether oxygens (including phenoxy) is 1. The molecule has 3 N–H and O–H groups in total. The molecule has 0 bridgehead atoms. The Morgan fingerprint density at radius 1 is 1.24 bits per heavy atom. The first-order chi connectivity index (χ1) is 13.7. The highest BCUT2D eigenvalue weighted by Gasteiger charge is 2.17. The summed E-state index contributed by atoms with van der Waals surface area (Å²) in [6, 6.07) is 8.90. The van der Waals surface area contributed by atoms with Crippen LogP contribution in [-0.4, -0.2) is 28.5 Å². The van der Waals surface area contributed by atoms with E-state index in [0.717, 1.165) is 16.1 Å². The van der Waals surface area contributed by atoms with Crippen molar-refractivity contribution in [3.8, 4) is 5.75 Å². The molecule has 2 aromatic carbocycles. The molecule has 152 valence electrons. The van der Waals surface area contributed by atoms with Crippen LogP contribution in [0.5, 0.6) is 5.75 Å². The van der Waals surface area contributed by atoms with Gasteiger partial charge in [-0.05, 0) is 55.0 Å². The first kappa shape index (κ1) is 22.5. The molecule has 0 fully saturated rings. The van der Waals surface area contributed by atoms with Gasteiger partial charge >= 0.3 is 0 Å². The lowest BCUT2D eigenvalue weighted by Crippen LogP contribution is -2.49. The van der Waals surface area contributed by atoms with Gasteiger partial charge in [-0.1, -0.05) is 27.5 Å². The Morgan fingerprint density at radius 3 is 2.62 bits per heavy atom. The number of hydrogen-bond donors (Lipinski definition) is 3. The van der Waals surface area contributed by atoms with E-state index in [2.05, 4.69) is 32.1 Å². The summed E-state index contributed by atoms with van der Waals surface area (Å²) in [6.07, 6.45) is 0. The van der Waals surface area contributed by atoms with Crippen LogP contribution in [0.15, 0.2) is 40.9 Å². The van der Waals surface area contributed by atoms with Gasteiger partial charge < -0.3 is 4.74 Å². The number of carbonyl (C=O) groups excluding carboxylic acids is 2. The molecule has 12 heteroatoms. The Labute approximate surface area is 184 Å². The topological polar surface area (TPSA) is 123 Å². The number of amides is 2. The molecular weight excluding hydrogens is 488 g/mol. The second-order valence-corrected chi connectivity index (χ2v) is 7.31. The molecule has 2 amide bonds. The third-order valence-electron chi connectivity index (χ3n) is 3.44. The molecule has 0 heterocycles. The van der Waals surface area contributed by atoms with Crippen molar-refractivity contribution in [1.29, 1.82) is 0 Å². The normalized spacial score (nSPS) is 10.0. The molecule has 0 aliphatic carbocycles. The zero-order valence-corrected chi connectivity index (χ0v) is 18.0. The maximum atomic E-state index is 12.1. The van der Waals surface area contributed by atoms with Gasteiger partial charge in [-0.2, -0.15) is 0 Å². The van der Waals surface area contributed by atoms with Gasteiger partial charge in [-0.3, -0.25) is 35.9 Å². The van der Waals surface area contributed by atoms with E-state index in [1.165, 1.54) is 12.1 Å². The third kappa shape index (κ3) is 6.66. The molecule has 0 radical (unpaired) electrons. The summed E-state index contributed by atoms with van der Waals surface area (Å²) in [5.74, 6) is -0.701. The zero-order chi connectivity index (χ0) is 21.6. The van der Waals surface area contributed by atoms with Gasteiger partial charge in [0.25, 0.3) is 17.5 Å². The molecular formula is C17H14BrClN4O5S. The molecule has 0 aliphatic heterocycles. The quantitative estimate of drug-likeness (QED) is 0.327. The third-order valence-corrected chi connectivity index (χ3v) is 4.46. The Kier molecular flexibility index (Phi) is 7.88. The smallest absolute Gasteiger partial charge is 0.288 e. The summed E-state index contributed by atoms with van der Waals surface area (Å²) in [6.45, 7) is 1.55. The number of hydrazine groups is 1. The Bertz CT molecular complexity index is 988. The van der Waals surface area contributed by atoms with Crippen molar-refractivity contribution in [1.82, 2.24) is 16.2 Å². The molecule has 29 heavy (non-hydrogen) atoms. The van der Waals surface area contributed by atoms with Gasteiger partial charge in [0.1, 0.15) is 10.8 Å². The van der Waals surface area contributed by atoms with Crippen LogP contribution in [-0.2, 0) is 4.79 Å². The first-order valence-electron chi connectivity index (χ1n) is 7.90. The Balaban J connectivity index is 1.83. The summed E-state index contributed by atoms with van der Waals surface area (Å²) < 4.78 is 6.29. The molecule has 2 aromatic rings. The van der Waals surface area contributed by atoms with Crippen LogP contribution in [0.3, 0.4) is 0 Å². The van der Waals surface area contributed by atoms with Crippen LogP contribution < -0.4 is 20.9 Å². The van der Waals surface area contributed by atoms with Crippen LogP contribution in [0.2, 0.25) is 5.02 Å². The number of halogens is 2. The molecule has 0 unspecified atom stereocenters. The summed E-state index contributed by atoms with van der Waals surface area (Å²) in [5, 5.41) is 12.9. The van der Waals surface area contributed by atoms with Gasteiger partial charge in [-0.15, -0.1) is 0 Å². The SMILES string of the molecule is Cc1cc(Br)ccc1OCC(=O)NNC(=S)NC(=O)c1ccc(Cl)c([N+](=O)[O-])c1. The number of aryl methyl sites for hydroxylation is 1. The van der Waals surface area contributed by atoms with Gasteiger partial charge in [-0.25, -0.2) is 0 Å². The average Bonchev–Trinajstić information content (AvgIpc) is 2.65. The zero-order valence-electron chi connectivity index (χ0n) is 14.8. The van der Waals surface area contributed by atoms with Crippen molar-refractivity contribution in [3.05, 3.63) is 67.1 Å². The van der Waals surface area contributed by atoms with E-state index in [4.69, 9.17) is 28.6 Å². The molecule has 0 atom stereocenters. The summed E-state index contributed by atoms with van der Waals surface area (Å²) in [4.78, 5) is 34.1. The highest BCUT2D eigenvalue weighted by atomic mass is 79.9. The van der Waals surface area contributed by atoms with Crippen molar-refractivity contribution in [2.24, 2.45) is 0 Å². The highest BCUT2D eigenvalue weighted by molar-refractivity contribution is 9.10. The van der Waals surface area contributed by atoms with Gasteiger partial charge in [0.2, 0.25) is 0 Å². The van der Waals surface area contributed by atoms with Crippen LogP contribution in [0, 0.1) is 17.0 Å². The molecule has 0 saturated heterocycles. The largest absolute Gasteiger partial charge is 0.483 e. The van der Waals surface area contributed by atoms with Crippen molar-refractivity contribution < 1.29 is 19.2 Å². The van der Waals surface area contributed by atoms with Crippen LogP contribution >= 0.6 is 39.7 Å². The van der Waals surface area contributed by atoms with Crippen LogP contribution in [0.4, 0.5) is 5.69 Å². The van der Waals surface area contributed by atoms with Crippen molar-refractivity contribution >= 4 is 62.4 Å². The summed E-state index contributed by atoms with van der Waals surface area (Å²) in [5.41, 5.74) is 5.03. The fraction of sp³-hybridized carbons (Fsp3) is 0.118. The average molecular weight is 502 g/mol. The molecule has 0 spiro atoms. The maximum absolute atomic E-state index is 12.1. The van der Waals surface area contributed by atoms with Crippen LogP contribution in [0.1, 0.15) is 15.9 Å². The summed E-state index contributed by atoms with van der Waals surface area (Å²) in [7, 11) is 0. The molecule has 2 rings (SSSR count). The molecule has 0 aromatic heterocycles. The fourth-order valence-corrected chi connectivity index (χ4v) is 2.89. The Morgan fingerprint density at radius 2 is 1.97 bits per heavy atom. The number of nitro benzene ring substituents is 1. The van der Waals surface area contributed by atoms with Gasteiger partial charge in [0, 0.05) is 16.1 Å². The standard InChI is InChI=1S/C17H14BrClN4O5S/c1-9-6-11(18)3-5-14(9)28-8-15(24)21-22-17(29)20-16(25)10-2-4-12(19)13(7-10)23(26)27/h2-7H,8H2,1H3,(H,21,24)(H2,20,22,25,29). The lowest BCUT2D eigenvalue weighted by atomic mass is 10.2. The minimum absolute atomic E-state index is 0.0226. The predicted molar refractivity (Wildman–Crippen MR) is 114 cm³/mol. The van der Waals surface area contributed by atoms with E-state index in [-0.39, 0.29) is 22.3 Å². The van der Waals surface area contributed by atoms with Crippen LogP contribution in [0.25, 0.3) is 0 Å². The van der Waals surface area contributed by atoms with Gasteiger partial charge in [0.15, 0.2) is 11.7 Å². The molecule has 0 aliphatic rings. The predicted octanol–water partition coefficient (Wildman–Crippen LogP) is 3.03.